The van der Waals surface area contributed by atoms with Crippen molar-refractivity contribution < 1.29 is 5.11 Å². The standard InChI is InChI=1S/C5H5N5O/c11-4-2-6-5(8-4)3-1-7-10-9-3/h1-2,11H,(H,6,8)(H,7,9,10). The minimum absolute atomic E-state index is 0.0167. The molecule has 0 unspecified atom stereocenters. The van der Waals surface area contributed by atoms with Gasteiger partial charge >= 0.3 is 0 Å². The number of H-pyrrole nitrogens is 2. The maximum absolute atomic E-state index is 8.88. The van der Waals surface area contributed by atoms with Crippen LogP contribution in [0.4, 0.5) is 0 Å². The summed E-state index contributed by atoms with van der Waals surface area (Å²) >= 11 is 0. The van der Waals surface area contributed by atoms with Gasteiger partial charge in [-0.05, 0) is 0 Å². The Morgan fingerprint density at radius 2 is 2.27 bits per heavy atom. The number of aromatic amines is 2. The fraction of sp³-hybridized carbons (Fsp3) is 0. The third-order valence-electron chi connectivity index (χ3n) is 1.22. The highest BCUT2D eigenvalue weighted by Gasteiger charge is 2.03. The van der Waals surface area contributed by atoms with E-state index in [-0.39, 0.29) is 5.88 Å². The van der Waals surface area contributed by atoms with E-state index < -0.39 is 0 Å². The summed E-state index contributed by atoms with van der Waals surface area (Å²) < 4.78 is 0. The molecule has 11 heavy (non-hydrogen) atoms. The van der Waals surface area contributed by atoms with Gasteiger partial charge in [0.2, 0.25) is 5.88 Å². The van der Waals surface area contributed by atoms with Crippen molar-refractivity contribution in [3.8, 4) is 17.4 Å². The maximum Gasteiger partial charge on any atom is 0.208 e. The first-order valence-corrected chi connectivity index (χ1v) is 2.96. The predicted molar refractivity (Wildman–Crippen MR) is 35.6 cm³/mol. The molecule has 0 fully saturated rings. The lowest BCUT2D eigenvalue weighted by Gasteiger charge is -1.83. The fourth-order valence-corrected chi connectivity index (χ4v) is 0.757. The molecule has 3 N–H and O–H groups in total. The molecule has 0 amide bonds. The van der Waals surface area contributed by atoms with Gasteiger partial charge in [-0.3, -0.25) is 0 Å². The molecule has 6 nitrogen and oxygen atoms in total. The molecule has 2 rings (SSSR count). The molecular weight excluding hydrogens is 146 g/mol. The Labute approximate surface area is 61.3 Å². The zero-order valence-corrected chi connectivity index (χ0v) is 5.44. The molecule has 56 valence electrons. The molecule has 0 saturated carbocycles. The summed E-state index contributed by atoms with van der Waals surface area (Å²) in [5.74, 6) is 0.513. The quantitative estimate of drug-likeness (QED) is 0.530. The average molecular weight is 151 g/mol. The Morgan fingerprint density at radius 1 is 1.36 bits per heavy atom. The Balaban J connectivity index is 2.45. The van der Waals surface area contributed by atoms with Crippen molar-refractivity contribution in [3.63, 3.8) is 0 Å². The highest BCUT2D eigenvalue weighted by Crippen LogP contribution is 2.12. The van der Waals surface area contributed by atoms with Gasteiger partial charge in [-0.1, -0.05) is 0 Å². The lowest BCUT2D eigenvalue weighted by atomic mass is 10.5. The molecule has 0 radical (unpaired) electrons. The zero-order chi connectivity index (χ0) is 7.68. The van der Waals surface area contributed by atoms with Gasteiger partial charge in [-0.2, -0.15) is 15.4 Å². The van der Waals surface area contributed by atoms with Crippen LogP contribution < -0.4 is 0 Å². The van der Waals surface area contributed by atoms with E-state index in [4.69, 9.17) is 5.11 Å². The van der Waals surface area contributed by atoms with Gasteiger partial charge in [0.05, 0.1) is 12.4 Å². The topological polar surface area (TPSA) is 90.5 Å². The molecule has 0 bridgehead atoms. The van der Waals surface area contributed by atoms with Crippen molar-refractivity contribution in [3.05, 3.63) is 12.4 Å². The van der Waals surface area contributed by atoms with Crippen LogP contribution >= 0.6 is 0 Å². The predicted octanol–water partition coefficient (Wildman–Crippen LogP) is -0.0996. The van der Waals surface area contributed by atoms with E-state index in [1.54, 1.807) is 0 Å². The summed E-state index contributed by atoms with van der Waals surface area (Å²) in [4.78, 5) is 6.43. The fourth-order valence-electron chi connectivity index (χ4n) is 0.757. The number of hydrogen-bond donors (Lipinski definition) is 3. The van der Waals surface area contributed by atoms with Crippen LogP contribution in [0.1, 0.15) is 0 Å². The molecule has 0 atom stereocenters. The van der Waals surface area contributed by atoms with Crippen molar-refractivity contribution in [2.75, 3.05) is 0 Å². The minimum Gasteiger partial charge on any atom is -0.493 e. The maximum atomic E-state index is 8.88. The SMILES string of the molecule is Oc1cnc(-c2cn[nH]n2)[nH]1. The van der Waals surface area contributed by atoms with E-state index in [0.717, 1.165) is 0 Å². The van der Waals surface area contributed by atoms with Crippen molar-refractivity contribution in [2.24, 2.45) is 0 Å². The first kappa shape index (κ1) is 5.90. The lowest BCUT2D eigenvalue weighted by Crippen LogP contribution is -1.79. The van der Waals surface area contributed by atoms with Crippen LogP contribution in [0.25, 0.3) is 11.5 Å². The second kappa shape index (κ2) is 2.08. The van der Waals surface area contributed by atoms with Gasteiger partial charge < -0.3 is 10.1 Å². The van der Waals surface area contributed by atoms with Crippen LogP contribution in [-0.2, 0) is 0 Å². The first-order valence-electron chi connectivity index (χ1n) is 2.96. The van der Waals surface area contributed by atoms with E-state index in [1.807, 2.05) is 0 Å². The molecular formula is C5H5N5O. The smallest absolute Gasteiger partial charge is 0.208 e. The second-order valence-electron chi connectivity index (χ2n) is 1.97. The molecule has 0 saturated heterocycles. The van der Waals surface area contributed by atoms with Gasteiger partial charge in [0.15, 0.2) is 5.82 Å². The third kappa shape index (κ3) is 0.936. The first-order chi connectivity index (χ1) is 5.36. The summed E-state index contributed by atoms with van der Waals surface area (Å²) in [5.41, 5.74) is 0.574. The normalized spacial score (nSPS) is 10.2. The third-order valence-corrected chi connectivity index (χ3v) is 1.22. The molecule has 0 aliphatic heterocycles. The molecule has 2 aromatic rings. The minimum atomic E-state index is 0.0167. The number of nitrogens with one attached hydrogen (secondary N) is 2. The number of aromatic hydroxyl groups is 1. The van der Waals surface area contributed by atoms with Crippen molar-refractivity contribution >= 4 is 0 Å². The van der Waals surface area contributed by atoms with Crippen LogP contribution in [0.5, 0.6) is 5.88 Å². The molecule has 0 aromatic carbocycles. The molecule has 6 heteroatoms. The second-order valence-corrected chi connectivity index (χ2v) is 1.97. The van der Waals surface area contributed by atoms with Crippen molar-refractivity contribution in [2.45, 2.75) is 0 Å². The van der Waals surface area contributed by atoms with Gasteiger partial charge in [0.1, 0.15) is 5.69 Å². The van der Waals surface area contributed by atoms with Crippen LogP contribution in [0, 0.1) is 0 Å². The van der Waals surface area contributed by atoms with Gasteiger partial charge in [-0.25, -0.2) is 4.98 Å². The summed E-state index contributed by atoms with van der Waals surface area (Å²) in [5, 5.41) is 18.7. The highest BCUT2D eigenvalue weighted by molar-refractivity contribution is 5.47. The Morgan fingerprint density at radius 3 is 2.82 bits per heavy atom. The zero-order valence-electron chi connectivity index (χ0n) is 5.44. The molecule has 0 aliphatic carbocycles. The number of nitrogens with zero attached hydrogens (tertiary/aromatic N) is 3. The van der Waals surface area contributed by atoms with Crippen molar-refractivity contribution in [1.29, 1.82) is 0 Å². The van der Waals surface area contributed by atoms with Crippen LogP contribution in [0.2, 0.25) is 0 Å². The Kier molecular flexibility index (Phi) is 1.12. The summed E-state index contributed by atoms with van der Waals surface area (Å²) in [6, 6.07) is 0. The summed E-state index contributed by atoms with van der Waals surface area (Å²) in [7, 11) is 0. The number of hydrogen-bond acceptors (Lipinski definition) is 4. The summed E-state index contributed by atoms with van der Waals surface area (Å²) in [6.45, 7) is 0. The van der Waals surface area contributed by atoms with E-state index in [0.29, 0.717) is 11.5 Å². The van der Waals surface area contributed by atoms with Crippen molar-refractivity contribution in [1.82, 2.24) is 25.4 Å². The highest BCUT2D eigenvalue weighted by atomic mass is 16.3. The Bertz CT molecular complexity index is 337. The average Bonchev–Trinajstić information content (AvgIpc) is 2.55. The molecule has 2 aromatic heterocycles. The van der Waals surface area contributed by atoms with E-state index >= 15 is 0 Å². The van der Waals surface area contributed by atoms with E-state index in [1.165, 1.54) is 12.4 Å². The van der Waals surface area contributed by atoms with Gasteiger partial charge in [-0.15, -0.1) is 0 Å². The van der Waals surface area contributed by atoms with Crippen LogP contribution in [0.15, 0.2) is 12.4 Å². The van der Waals surface area contributed by atoms with Crippen LogP contribution in [0.3, 0.4) is 0 Å². The Hall–Kier alpha value is -1.85. The van der Waals surface area contributed by atoms with Gasteiger partial charge in [0, 0.05) is 0 Å². The number of imidazole rings is 1. The molecule has 0 aliphatic rings. The monoisotopic (exact) mass is 151 g/mol. The molecule has 0 spiro atoms. The van der Waals surface area contributed by atoms with E-state index in [9.17, 15) is 0 Å². The van der Waals surface area contributed by atoms with Gasteiger partial charge in [0.25, 0.3) is 0 Å². The number of rotatable bonds is 1. The molecule has 2 heterocycles. The number of aromatic nitrogens is 5. The largest absolute Gasteiger partial charge is 0.493 e. The van der Waals surface area contributed by atoms with Crippen LogP contribution in [-0.4, -0.2) is 30.5 Å². The van der Waals surface area contributed by atoms with E-state index in [2.05, 4.69) is 25.4 Å². The summed E-state index contributed by atoms with van der Waals surface area (Å²) in [6.07, 6.45) is 2.82. The lowest BCUT2D eigenvalue weighted by molar-refractivity contribution is 0.457.